The van der Waals surface area contributed by atoms with Crippen LogP contribution in [-0.2, 0) is 11.2 Å². The van der Waals surface area contributed by atoms with Crippen molar-refractivity contribution in [3.8, 4) is 0 Å². The van der Waals surface area contributed by atoms with Crippen molar-refractivity contribution in [3.05, 3.63) is 64.6 Å². The molecule has 0 saturated heterocycles. The molecule has 1 heterocycles. The molecular formula is C21H24N2O3. The topological polar surface area (TPSA) is 64.2 Å². The summed E-state index contributed by atoms with van der Waals surface area (Å²) in [5.41, 5.74) is 3.09. The molecule has 1 N–H and O–H groups in total. The molecule has 0 bridgehead atoms. The third-order valence-corrected chi connectivity index (χ3v) is 4.58. The van der Waals surface area contributed by atoms with Crippen LogP contribution < -0.4 is 11.1 Å². The molecule has 5 nitrogen and oxygen atoms in total. The third-order valence-electron chi connectivity index (χ3n) is 4.58. The lowest BCUT2D eigenvalue weighted by molar-refractivity contribution is -0.118. The lowest BCUT2D eigenvalue weighted by Crippen LogP contribution is -2.29. The number of nitrogens with zero attached hydrogens (tertiary/aromatic N) is 1. The van der Waals surface area contributed by atoms with E-state index in [1.54, 1.807) is 25.1 Å². The number of unbranched alkanes of at least 4 members (excludes halogenated alkanes) is 2. The summed E-state index contributed by atoms with van der Waals surface area (Å²) in [7, 11) is 0. The van der Waals surface area contributed by atoms with Gasteiger partial charge in [-0.1, -0.05) is 44.0 Å². The van der Waals surface area contributed by atoms with Crippen molar-refractivity contribution in [2.24, 2.45) is 0 Å². The zero-order valence-corrected chi connectivity index (χ0v) is 15.2. The van der Waals surface area contributed by atoms with Crippen LogP contribution in [0.4, 0.5) is 5.69 Å². The summed E-state index contributed by atoms with van der Waals surface area (Å²) in [4.78, 5) is 24.7. The molecule has 136 valence electrons. The van der Waals surface area contributed by atoms with E-state index in [1.807, 2.05) is 30.3 Å². The second kappa shape index (κ2) is 8.04. The minimum atomic E-state index is -0.671. The van der Waals surface area contributed by atoms with Crippen LogP contribution in [0.2, 0.25) is 0 Å². The zero-order valence-electron chi connectivity index (χ0n) is 15.2. The van der Waals surface area contributed by atoms with Gasteiger partial charge in [-0.3, -0.25) is 9.36 Å². The summed E-state index contributed by atoms with van der Waals surface area (Å²) in [6.45, 7) is 3.88. The maximum absolute atomic E-state index is 12.6. The Kier molecular flexibility index (Phi) is 5.56. The van der Waals surface area contributed by atoms with E-state index in [-0.39, 0.29) is 5.91 Å². The van der Waals surface area contributed by atoms with Gasteiger partial charge >= 0.3 is 5.76 Å². The quantitative estimate of drug-likeness (QED) is 0.636. The van der Waals surface area contributed by atoms with Crippen molar-refractivity contribution < 1.29 is 9.21 Å². The number of hydrogen-bond donors (Lipinski definition) is 1. The number of benzene rings is 2. The van der Waals surface area contributed by atoms with Crippen LogP contribution in [0.3, 0.4) is 0 Å². The minimum Gasteiger partial charge on any atom is -0.408 e. The fraction of sp³-hybridized carbons (Fsp3) is 0.333. The van der Waals surface area contributed by atoms with Gasteiger partial charge < -0.3 is 9.73 Å². The fourth-order valence-corrected chi connectivity index (χ4v) is 3.05. The van der Waals surface area contributed by atoms with Gasteiger partial charge in [0.25, 0.3) is 0 Å². The molecule has 0 spiro atoms. The van der Waals surface area contributed by atoms with E-state index in [0.717, 1.165) is 12.1 Å². The number of carbonyl (C=O) groups is 1. The van der Waals surface area contributed by atoms with Gasteiger partial charge in [0.2, 0.25) is 5.91 Å². The molecule has 1 unspecified atom stereocenters. The van der Waals surface area contributed by atoms with Crippen LogP contribution >= 0.6 is 0 Å². The first kappa shape index (κ1) is 18.0. The molecule has 0 saturated carbocycles. The molecule has 2 aromatic carbocycles. The van der Waals surface area contributed by atoms with Gasteiger partial charge in [-0.05, 0) is 49.6 Å². The van der Waals surface area contributed by atoms with E-state index in [4.69, 9.17) is 4.42 Å². The average molecular weight is 352 g/mol. The number of aromatic nitrogens is 1. The summed E-state index contributed by atoms with van der Waals surface area (Å²) in [6, 6.07) is 14.3. The molecule has 26 heavy (non-hydrogen) atoms. The van der Waals surface area contributed by atoms with Gasteiger partial charge in [-0.2, -0.15) is 0 Å². The Balaban J connectivity index is 1.71. The van der Waals surface area contributed by atoms with E-state index in [1.165, 1.54) is 29.4 Å². The molecule has 0 aliphatic carbocycles. The smallest absolute Gasteiger partial charge is 0.408 e. The molecular weight excluding hydrogens is 328 g/mol. The summed E-state index contributed by atoms with van der Waals surface area (Å²) in [6.07, 6.45) is 4.65. The predicted octanol–water partition coefficient (Wildman–Crippen LogP) is 4.53. The molecule has 3 aromatic rings. The van der Waals surface area contributed by atoms with Crippen molar-refractivity contribution in [2.45, 2.75) is 45.6 Å². The number of carbonyl (C=O) groups excluding carboxylic acids is 1. The van der Waals surface area contributed by atoms with Crippen molar-refractivity contribution >= 4 is 22.7 Å². The number of para-hydroxylation sites is 2. The van der Waals surface area contributed by atoms with Crippen molar-refractivity contribution in [1.82, 2.24) is 4.57 Å². The van der Waals surface area contributed by atoms with E-state index < -0.39 is 11.8 Å². The van der Waals surface area contributed by atoms with E-state index in [2.05, 4.69) is 12.2 Å². The predicted molar refractivity (Wildman–Crippen MR) is 103 cm³/mol. The summed E-state index contributed by atoms with van der Waals surface area (Å²) in [5.74, 6) is -0.780. The molecule has 1 aromatic heterocycles. The number of hydrogen-bond acceptors (Lipinski definition) is 3. The number of amides is 1. The number of aryl methyl sites for hydroxylation is 1. The number of fused-ring (bicyclic) bond motifs is 1. The highest BCUT2D eigenvalue weighted by atomic mass is 16.4. The molecule has 0 radical (unpaired) electrons. The van der Waals surface area contributed by atoms with Crippen LogP contribution in [0, 0.1) is 0 Å². The number of oxazole rings is 1. The summed E-state index contributed by atoms with van der Waals surface area (Å²) < 4.78 is 6.59. The van der Waals surface area contributed by atoms with Crippen LogP contribution in [0.1, 0.15) is 44.7 Å². The SMILES string of the molecule is CCCCCc1ccc(NC(=O)C(C)n2c(=O)oc3ccccc32)cc1. The van der Waals surface area contributed by atoms with E-state index in [0.29, 0.717) is 11.1 Å². The Morgan fingerprint density at radius 1 is 1.12 bits per heavy atom. The van der Waals surface area contributed by atoms with Gasteiger partial charge in [0.1, 0.15) is 6.04 Å². The van der Waals surface area contributed by atoms with Gasteiger partial charge in [0.05, 0.1) is 5.52 Å². The van der Waals surface area contributed by atoms with Gasteiger partial charge in [0, 0.05) is 5.69 Å². The first-order valence-electron chi connectivity index (χ1n) is 9.10. The molecule has 0 aliphatic rings. The van der Waals surface area contributed by atoms with Crippen LogP contribution in [0.5, 0.6) is 0 Å². The fourth-order valence-electron chi connectivity index (χ4n) is 3.05. The van der Waals surface area contributed by atoms with Crippen LogP contribution in [-0.4, -0.2) is 10.5 Å². The lowest BCUT2D eigenvalue weighted by atomic mass is 10.1. The van der Waals surface area contributed by atoms with E-state index >= 15 is 0 Å². The summed E-state index contributed by atoms with van der Waals surface area (Å²) >= 11 is 0. The molecule has 0 aliphatic heterocycles. The molecule has 1 atom stereocenters. The Morgan fingerprint density at radius 3 is 2.58 bits per heavy atom. The normalized spacial score (nSPS) is 12.2. The Morgan fingerprint density at radius 2 is 1.85 bits per heavy atom. The average Bonchev–Trinajstić information content (AvgIpc) is 2.98. The van der Waals surface area contributed by atoms with Crippen molar-refractivity contribution in [3.63, 3.8) is 0 Å². The molecule has 3 rings (SSSR count). The maximum Gasteiger partial charge on any atom is 0.420 e. The Labute approximate surface area is 152 Å². The first-order valence-corrected chi connectivity index (χ1v) is 9.10. The van der Waals surface area contributed by atoms with Gasteiger partial charge in [-0.15, -0.1) is 0 Å². The van der Waals surface area contributed by atoms with Crippen LogP contribution in [0.25, 0.3) is 11.1 Å². The highest BCUT2D eigenvalue weighted by molar-refractivity contribution is 5.94. The molecule has 0 fully saturated rings. The first-order chi connectivity index (χ1) is 12.6. The second-order valence-electron chi connectivity index (χ2n) is 6.52. The molecule has 1 amide bonds. The standard InChI is InChI=1S/C21H24N2O3/c1-3-4-5-8-16-11-13-17(14-12-16)22-20(24)15(2)23-18-9-6-7-10-19(18)26-21(23)25/h6-7,9-15H,3-5,8H2,1-2H3,(H,22,24). The van der Waals surface area contributed by atoms with Crippen molar-refractivity contribution in [2.75, 3.05) is 5.32 Å². The summed E-state index contributed by atoms with van der Waals surface area (Å²) in [5, 5.41) is 2.88. The van der Waals surface area contributed by atoms with E-state index in [9.17, 15) is 9.59 Å². The maximum atomic E-state index is 12.6. The van der Waals surface area contributed by atoms with Gasteiger partial charge in [-0.25, -0.2) is 4.79 Å². The third kappa shape index (κ3) is 3.87. The zero-order chi connectivity index (χ0) is 18.5. The largest absolute Gasteiger partial charge is 0.420 e. The Bertz CT molecular complexity index is 938. The highest BCUT2D eigenvalue weighted by Gasteiger charge is 2.21. The number of nitrogens with one attached hydrogen (secondary N) is 1. The molecule has 5 heteroatoms. The highest BCUT2D eigenvalue weighted by Crippen LogP contribution is 2.19. The second-order valence-corrected chi connectivity index (χ2v) is 6.52. The lowest BCUT2D eigenvalue weighted by Gasteiger charge is -2.13. The van der Waals surface area contributed by atoms with Crippen molar-refractivity contribution in [1.29, 1.82) is 0 Å². The monoisotopic (exact) mass is 352 g/mol. The number of anilines is 1. The number of rotatable bonds is 7. The minimum absolute atomic E-state index is 0.252. The Hall–Kier alpha value is -2.82. The van der Waals surface area contributed by atoms with Crippen LogP contribution in [0.15, 0.2) is 57.7 Å². The van der Waals surface area contributed by atoms with Gasteiger partial charge in [0.15, 0.2) is 5.58 Å².